The molecular formula is C21H26O. The third-order valence-corrected chi connectivity index (χ3v) is 2.85. The summed E-state index contributed by atoms with van der Waals surface area (Å²) >= 11 is 0. The fourth-order valence-corrected chi connectivity index (χ4v) is 1.73. The molecule has 0 radical (unpaired) electrons. The third kappa shape index (κ3) is 6.94. The number of benzene rings is 2. The van der Waals surface area contributed by atoms with Crippen LogP contribution in [0.1, 0.15) is 37.5 Å². The molecule has 0 saturated heterocycles. The molecule has 0 aliphatic heterocycles. The Morgan fingerprint density at radius 3 is 1.55 bits per heavy atom. The van der Waals surface area contributed by atoms with Crippen LogP contribution < -0.4 is 4.74 Å². The monoisotopic (exact) mass is 294 g/mol. The predicted molar refractivity (Wildman–Crippen MR) is 98.2 cm³/mol. The summed E-state index contributed by atoms with van der Waals surface area (Å²) in [5, 5.41) is 0. The van der Waals surface area contributed by atoms with Gasteiger partial charge in [-0.3, -0.25) is 0 Å². The SMILES string of the molecule is C=Cc1ccc(C)cc1.C=Cc1ccc(OC(C)(C)C)cc1. The molecule has 1 nitrogen and oxygen atoms in total. The number of rotatable bonds is 3. The van der Waals surface area contributed by atoms with E-state index in [2.05, 4.69) is 44.3 Å². The first-order valence-electron chi connectivity index (χ1n) is 7.44. The van der Waals surface area contributed by atoms with E-state index in [-0.39, 0.29) is 5.60 Å². The quantitative estimate of drug-likeness (QED) is 0.660. The fraction of sp³-hybridized carbons (Fsp3) is 0.238. The van der Waals surface area contributed by atoms with Crippen molar-refractivity contribution in [2.24, 2.45) is 0 Å². The molecular weight excluding hydrogens is 268 g/mol. The largest absolute Gasteiger partial charge is 0.488 e. The van der Waals surface area contributed by atoms with E-state index in [1.807, 2.05) is 57.2 Å². The van der Waals surface area contributed by atoms with E-state index in [4.69, 9.17) is 4.74 Å². The summed E-state index contributed by atoms with van der Waals surface area (Å²) in [6, 6.07) is 16.2. The van der Waals surface area contributed by atoms with E-state index in [9.17, 15) is 0 Å². The van der Waals surface area contributed by atoms with Crippen molar-refractivity contribution in [1.82, 2.24) is 0 Å². The van der Waals surface area contributed by atoms with E-state index < -0.39 is 0 Å². The Labute approximate surface area is 135 Å². The summed E-state index contributed by atoms with van der Waals surface area (Å²) < 4.78 is 5.67. The molecule has 0 N–H and O–H groups in total. The molecule has 116 valence electrons. The van der Waals surface area contributed by atoms with Crippen LogP contribution in [0, 0.1) is 6.92 Å². The van der Waals surface area contributed by atoms with Crippen molar-refractivity contribution in [1.29, 1.82) is 0 Å². The molecule has 0 unspecified atom stereocenters. The maximum Gasteiger partial charge on any atom is 0.120 e. The summed E-state index contributed by atoms with van der Waals surface area (Å²) in [5.74, 6) is 0.901. The highest BCUT2D eigenvalue weighted by Crippen LogP contribution is 2.18. The number of hydrogen-bond donors (Lipinski definition) is 0. The Balaban J connectivity index is 0.000000235. The highest BCUT2D eigenvalue weighted by Gasteiger charge is 2.10. The Kier molecular flexibility index (Phi) is 6.65. The molecule has 2 aromatic carbocycles. The average Bonchev–Trinajstić information content (AvgIpc) is 2.48. The lowest BCUT2D eigenvalue weighted by Gasteiger charge is -2.21. The van der Waals surface area contributed by atoms with Crippen LogP contribution >= 0.6 is 0 Å². The topological polar surface area (TPSA) is 9.23 Å². The zero-order valence-corrected chi connectivity index (χ0v) is 14.1. The average molecular weight is 294 g/mol. The molecule has 22 heavy (non-hydrogen) atoms. The molecule has 2 rings (SSSR count). The van der Waals surface area contributed by atoms with Gasteiger partial charge in [0, 0.05) is 0 Å². The molecule has 0 atom stereocenters. The first-order chi connectivity index (χ1) is 10.3. The van der Waals surface area contributed by atoms with Gasteiger partial charge < -0.3 is 4.74 Å². The summed E-state index contributed by atoms with van der Waals surface area (Å²) in [6.07, 6.45) is 3.67. The summed E-state index contributed by atoms with van der Waals surface area (Å²) in [5.41, 5.74) is 3.46. The number of ether oxygens (including phenoxy) is 1. The Hall–Kier alpha value is -2.28. The van der Waals surface area contributed by atoms with Gasteiger partial charge in [0.05, 0.1) is 0 Å². The molecule has 1 heteroatoms. The van der Waals surface area contributed by atoms with Crippen LogP contribution in [-0.4, -0.2) is 5.60 Å². The minimum Gasteiger partial charge on any atom is -0.488 e. The molecule has 0 spiro atoms. The fourth-order valence-electron chi connectivity index (χ4n) is 1.73. The molecule has 0 amide bonds. The second kappa shape index (κ2) is 8.23. The summed E-state index contributed by atoms with van der Waals surface area (Å²) in [6.45, 7) is 15.5. The van der Waals surface area contributed by atoms with Crippen molar-refractivity contribution in [2.75, 3.05) is 0 Å². The number of aryl methyl sites for hydroxylation is 1. The van der Waals surface area contributed by atoms with Gasteiger partial charge in [-0.25, -0.2) is 0 Å². The van der Waals surface area contributed by atoms with Crippen molar-refractivity contribution < 1.29 is 4.74 Å². The van der Waals surface area contributed by atoms with Crippen molar-refractivity contribution >= 4 is 12.2 Å². The predicted octanol–water partition coefficient (Wildman–Crippen LogP) is 6.14. The summed E-state index contributed by atoms with van der Waals surface area (Å²) in [7, 11) is 0. The zero-order valence-electron chi connectivity index (χ0n) is 14.1. The normalized spacial score (nSPS) is 10.2. The van der Waals surface area contributed by atoms with Crippen LogP contribution in [0.4, 0.5) is 0 Å². The Morgan fingerprint density at radius 1 is 0.773 bits per heavy atom. The molecule has 0 aromatic heterocycles. The van der Waals surface area contributed by atoms with Gasteiger partial charge in [0.2, 0.25) is 0 Å². The van der Waals surface area contributed by atoms with Gasteiger partial charge in [-0.1, -0.05) is 67.3 Å². The van der Waals surface area contributed by atoms with Gasteiger partial charge in [-0.15, -0.1) is 0 Å². The second-order valence-electron chi connectivity index (χ2n) is 6.10. The smallest absolute Gasteiger partial charge is 0.120 e. The number of hydrogen-bond acceptors (Lipinski definition) is 1. The minimum absolute atomic E-state index is 0.129. The van der Waals surface area contributed by atoms with Crippen LogP contribution in [0.5, 0.6) is 5.75 Å². The van der Waals surface area contributed by atoms with E-state index >= 15 is 0 Å². The van der Waals surface area contributed by atoms with Gasteiger partial charge in [0.25, 0.3) is 0 Å². The van der Waals surface area contributed by atoms with Crippen LogP contribution in [0.3, 0.4) is 0 Å². The Morgan fingerprint density at radius 2 is 1.18 bits per heavy atom. The van der Waals surface area contributed by atoms with Crippen LogP contribution in [0.15, 0.2) is 61.7 Å². The highest BCUT2D eigenvalue weighted by molar-refractivity contribution is 5.48. The van der Waals surface area contributed by atoms with Gasteiger partial charge in [-0.2, -0.15) is 0 Å². The lowest BCUT2D eigenvalue weighted by molar-refractivity contribution is 0.131. The first kappa shape index (κ1) is 17.8. The van der Waals surface area contributed by atoms with Crippen LogP contribution in [0.2, 0.25) is 0 Å². The van der Waals surface area contributed by atoms with Gasteiger partial charge in [0.1, 0.15) is 11.4 Å². The van der Waals surface area contributed by atoms with Crippen molar-refractivity contribution in [2.45, 2.75) is 33.3 Å². The van der Waals surface area contributed by atoms with Crippen molar-refractivity contribution in [3.8, 4) is 5.75 Å². The summed E-state index contributed by atoms with van der Waals surface area (Å²) in [4.78, 5) is 0. The van der Waals surface area contributed by atoms with Crippen molar-refractivity contribution in [3.63, 3.8) is 0 Å². The van der Waals surface area contributed by atoms with E-state index in [1.165, 1.54) is 11.1 Å². The molecule has 0 bridgehead atoms. The van der Waals surface area contributed by atoms with Gasteiger partial charge in [0.15, 0.2) is 0 Å². The molecule has 2 aromatic rings. The van der Waals surface area contributed by atoms with E-state index in [0.717, 1.165) is 11.3 Å². The maximum atomic E-state index is 5.67. The third-order valence-electron chi connectivity index (χ3n) is 2.85. The molecule has 0 aliphatic rings. The Bertz CT molecular complexity index is 583. The molecule has 0 fully saturated rings. The zero-order chi connectivity index (χ0) is 16.6. The minimum atomic E-state index is -0.129. The first-order valence-corrected chi connectivity index (χ1v) is 7.44. The van der Waals surface area contributed by atoms with Crippen molar-refractivity contribution in [3.05, 3.63) is 78.4 Å². The lowest BCUT2D eigenvalue weighted by Crippen LogP contribution is -2.22. The lowest BCUT2D eigenvalue weighted by atomic mass is 10.2. The highest BCUT2D eigenvalue weighted by atomic mass is 16.5. The van der Waals surface area contributed by atoms with E-state index in [0.29, 0.717) is 0 Å². The second-order valence-corrected chi connectivity index (χ2v) is 6.10. The van der Waals surface area contributed by atoms with Gasteiger partial charge >= 0.3 is 0 Å². The standard InChI is InChI=1S/C12H16O.C9H10/c1-5-10-6-8-11(9-7-10)13-12(2,3)4;1-3-9-6-4-8(2)5-7-9/h5-9H,1H2,2-4H3;3-7H,1H2,2H3. The van der Waals surface area contributed by atoms with Gasteiger partial charge in [-0.05, 0) is 51.0 Å². The van der Waals surface area contributed by atoms with Crippen LogP contribution in [0.25, 0.3) is 12.2 Å². The maximum absolute atomic E-state index is 5.67. The molecule has 0 heterocycles. The van der Waals surface area contributed by atoms with E-state index in [1.54, 1.807) is 0 Å². The molecule has 0 aliphatic carbocycles. The van der Waals surface area contributed by atoms with Crippen LogP contribution in [-0.2, 0) is 0 Å². The molecule has 0 saturated carbocycles.